The van der Waals surface area contributed by atoms with Crippen LogP contribution in [0.1, 0.15) is 39.5 Å². The number of ether oxygens (including phenoxy) is 1. The lowest BCUT2D eigenvalue weighted by molar-refractivity contribution is -0.131. The first-order valence-corrected chi connectivity index (χ1v) is 8.97. The zero-order valence-electron chi connectivity index (χ0n) is 14.9. The van der Waals surface area contributed by atoms with Gasteiger partial charge in [0.15, 0.2) is 0 Å². The number of likely N-dealkylation sites (tertiary alicyclic amines) is 1. The molecule has 3 rings (SSSR count). The van der Waals surface area contributed by atoms with E-state index in [1.165, 1.54) is 5.01 Å². The summed E-state index contributed by atoms with van der Waals surface area (Å²) in [6.45, 7) is 7.72. The van der Waals surface area contributed by atoms with Gasteiger partial charge in [0.2, 0.25) is 5.91 Å². The molecule has 0 N–H and O–H groups in total. The van der Waals surface area contributed by atoms with E-state index in [4.69, 9.17) is 4.74 Å². The van der Waals surface area contributed by atoms with Crippen molar-refractivity contribution < 1.29 is 14.3 Å². The standard InChI is InChI=1S/C17H28N4O3/c1-12-9-20(10-13(2)24-12)11-14-5-4-8-21(14)17(23)15-6-7-16(22)19(3)18-15/h12-14H,4-11H2,1-3H3/t12-,13+,14-/m0/s1. The molecular weight excluding hydrogens is 308 g/mol. The van der Waals surface area contributed by atoms with Crippen LogP contribution in [-0.4, -0.2) is 83.8 Å². The number of nitrogens with zero attached hydrogens (tertiary/aromatic N) is 4. The SMILES string of the molecule is C[C@@H]1CN(C[C@@H]2CCCN2C(=O)C2=NN(C)C(=O)CC2)C[C@H](C)O1. The fourth-order valence-corrected chi connectivity index (χ4v) is 4.01. The summed E-state index contributed by atoms with van der Waals surface area (Å²) in [7, 11) is 1.62. The molecule has 24 heavy (non-hydrogen) atoms. The van der Waals surface area contributed by atoms with E-state index < -0.39 is 0 Å². The number of hydrogen-bond donors (Lipinski definition) is 0. The summed E-state index contributed by atoms with van der Waals surface area (Å²) in [6.07, 6.45) is 3.37. The quantitative estimate of drug-likeness (QED) is 0.761. The fraction of sp³-hybridized carbons (Fsp3) is 0.824. The number of amides is 2. The number of carbonyl (C=O) groups is 2. The minimum Gasteiger partial charge on any atom is -0.373 e. The molecule has 7 heteroatoms. The Morgan fingerprint density at radius 2 is 1.96 bits per heavy atom. The van der Waals surface area contributed by atoms with Gasteiger partial charge in [-0.25, -0.2) is 5.01 Å². The zero-order chi connectivity index (χ0) is 17.3. The molecule has 0 bridgehead atoms. The van der Waals surface area contributed by atoms with Crippen LogP contribution >= 0.6 is 0 Å². The van der Waals surface area contributed by atoms with Crippen LogP contribution in [0.25, 0.3) is 0 Å². The lowest BCUT2D eigenvalue weighted by Crippen LogP contribution is -2.52. The molecule has 134 valence electrons. The highest BCUT2D eigenvalue weighted by molar-refractivity contribution is 6.39. The zero-order valence-corrected chi connectivity index (χ0v) is 14.9. The van der Waals surface area contributed by atoms with Crippen molar-refractivity contribution in [1.82, 2.24) is 14.8 Å². The Morgan fingerprint density at radius 1 is 1.25 bits per heavy atom. The monoisotopic (exact) mass is 336 g/mol. The molecule has 7 nitrogen and oxygen atoms in total. The van der Waals surface area contributed by atoms with Crippen molar-refractivity contribution in [2.45, 2.75) is 57.8 Å². The normalized spacial score (nSPS) is 32.2. The third kappa shape index (κ3) is 3.78. The first kappa shape index (κ1) is 17.4. The molecule has 3 atom stereocenters. The topological polar surface area (TPSA) is 65.5 Å². The van der Waals surface area contributed by atoms with Gasteiger partial charge in [0.05, 0.1) is 12.2 Å². The minimum absolute atomic E-state index is 0.00575. The van der Waals surface area contributed by atoms with Gasteiger partial charge in [-0.05, 0) is 26.7 Å². The summed E-state index contributed by atoms with van der Waals surface area (Å²) < 4.78 is 5.79. The minimum atomic E-state index is -0.0270. The van der Waals surface area contributed by atoms with Gasteiger partial charge >= 0.3 is 0 Å². The predicted molar refractivity (Wildman–Crippen MR) is 90.6 cm³/mol. The number of rotatable bonds is 3. The second kappa shape index (κ2) is 7.19. The van der Waals surface area contributed by atoms with Crippen molar-refractivity contribution in [1.29, 1.82) is 0 Å². The molecule has 3 aliphatic heterocycles. The highest BCUT2D eigenvalue weighted by atomic mass is 16.5. The Kier molecular flexibility index (Phi) is 5.20. The average molecular weight is 336 g/mol. The van der Waals surface area contributed by atoms with E-state index in [-0.39, 0.29) is 30.1 Å². The van der Waals surface area contributed by atoms with Crippen LogP contribution in [0.2, 0.25) is 0 Å². The van der Waals surface area contributed by atoms with Gasteiger partial charge in [-0.1, -0.05) is 0 Å². The Labute approximate surface area is 143 Å². The summed E-state index contributed by atoms with van der Waals surface area (Å²) in [4.78, 5) is 28.8. The number of carbonyl (C=O) groups excluding carboxylic acids is 2. The van der Waals surface area contributed by atoms with E-state index in [0.29, 0.717) is 18.6 Å². The third-order valence-corrected chi connectivity index (χ3v) is 5.06. The molecule has 0 aromatic heterocycles. The second-order valence-corrected chi connectivity index (χ2v) is 7.23. The van der Waals surface area contributed by atoms with Gasteiger partial charge in [0.1, 0.15) is 5.71 Å². The molecule has 0 aromatic carbocycles. The summed E-state index contributed by atoms with van der Waals surface area (Å²) in [5.74, 6) is -0.0213. The van der Waals surface area contributed by atoms with E-state index in [9.17, 15) is 9.59 Å². The fourth-order valence-electron chi connectivity index (χ4n) is 4.01. The van der Waals surface area contributed by atoms with E-state index in [2.05, 4.69) is 23.8 Å². The molecule has 2 saturated heterocycles. The summed E-state index contributed by atoms with van der Waals surface area (Å²) in [6, 6.07) is 0.237. The number of hydrogen-bond acceptors (Lipinski definition) is 5. The average Bonchev–Trinajstić information content (AvgIpc) is 2.96. The Balaban J connectivity index is 1.64. The first-order chi connectivity index (χ1) is 11.4. The second-order valence-electron chi connectivity index (χ2n) is 7.23. The molecule has 0 aromatic rings. The van der Waals surface area contributed by atoms with E-state index >= 15 is 0 Å². The van der Waals surface area contributed by atoms with E-state index in [1.807, 2.05) is 4.90 Å². The van der Waals surface area contributed by atoms with Crippen molar-refractivity contribution in [3.05, 3.63) is 0 Å². The van der Waals surface area contributed by atoms with Crippen LogP contribution in [0.3, 0.4) is 0 Å². The van der Waals surface area contributed by atoms with E-state index in [0.717, 1.165) is 39.0 Å². The largest absolute Gasteiger partial charge is 0.373 e. The molecule has 0 aliphatic carbocycles. The molecule has 2 amide bonds. The molecule has 3 aliphatic rings. The summed E-state index contributed by atoms with van der Waals surface area (Å²) >= 11 is 0. The van der Waals surface area contributed by atoms with Crippen molar-refractivity contribution >= 4 is 17.5 Å². The van der Waals surface area contributed by atoms with Gasteiger partial charge in [0, 0.05) is 52.1 Å². The van der Waals surface area contributed by atoms with Crippen LogP contribution in [0.5, 0.6) is 0 Å². The lowest BCUT2D eigenvalue weighted by Gasteiger charge is -2.38. The van der Waals surface area contributed by atoms with Crippen molar-refractivity contribution in [2.75, 3.05) is 33.2 Å². The Hall–Kier alpha value is -1.47. The van der Waals surface area contributed by atoms with Crippen LogP contribution in [0, 0.1) is 0 Å². The predicted octanol–water partition coefficient (Wildman–Crippen LogP) is 0.695. The smallest absolute Gasteiger partial charge is 0.270 e. The number of morpholine rings is 1. The van der Waals surface area contributed by atoms with E-state index in [1.54, 1.807) is 7.05 Å². The number of hydrazone groups is 1. The van der Waals surface area contributed by atoms with Gasteiger partial charge < -0.3 is 9.64 Å². The Morgan fingerprint density at radius 3 is 2.62 bits per heavy atom. The van der Waals surface area contributed by atoms with Crippen molar-refractivity contribution in [3.8, 4) is 0 Å². The summed E-state index contributed by atoms with van der Waals surface area (Å²) in [5.41, 5.74) is 0.521. The van der Waals surface area contributed by atoms with Gasteiger partial charge in [0.25, 0.3) is 5.91 Å². The first-order valence-electron chi connectivity index (χ1n) is 8.97. The lowest BCUT2D eigenvalue weighted by atomic mass is 10.1. The maximum Gasteiger partial charge on any atom is 0.270 e. The molecular formula is C17H28N4O3. The van der Waals surface area contributed by atoms with Crippen LogP contribution in [-0.2, 0) is 14.3 Å². The molecule has 2 fully saturated rings. The molecule has 0 spiro atoms. The van der Waals surface area contributed by atoms with Crippen LogP contribution < -0.4 is 0 Å². The van der Waals surface area contributed by atoms with Crippen molar-refractivity contribution in [3.63, 3.8) is 0 Å². The van der Waals surface area contributed by atoms with Crippen molar-refractivity contribution in [2.24, 2.45) is 5.10 Å². The van der Waals surface area contributed by atoms with Crippen LogP contribution in [0.15, 0.2) is 5.10 Å². The van der Waals surface area contributed by atoms with Gasteiger partial charge in [-0.3, -0.25) is 14.5 Å². The van der Waals surface area contributed by atoms with Crippen LogP contribution in [0.4, 0.5) is 0 Å². The highest BCUT2D eigenvalue weighted by Gasteiger charge is 2.35. The third-order valence-electron chi connectivity index (χ3n) is 5.06. The molecule has 3 heterocycles. The summed E-state index contributed by atoms with van der Waals surface area (Å²) in [5, 5.41) is 5.49. The maximum atomic E-state index is 12.8. The molecule has 0 unspecified atom stereocenters. The molecule has 0 radical (unpaired) electrons. The molecule has 0 saturated carbocycles. The van der Waals surface area contributed by atoms with Gasteiger partial charge in [-0.2, -0.15) is 5.10 Å². The van der Waals surface area contributed by atoms with Gasteiger partial charge in [-0.15, -0.1) is 0 Å². The Bertz CT molecular complexity index is 526. The highest BCUT2D eigenvalue weighted by Crippen LogP contribution is 2.22. The maximum absolute atomic E-state index is 12.8.